The lowest BCUT2D eigenvalue weighted by Gasteiger charge is -2.32. The number of nitrogens with zero attached hydrogens (tertiary/aromatic N) is 2. The number of carbonyl (C=O) groups is 1. The van der Waals surface area contributed by atoms with Gasteiger partial charge in [0.1, 0.15) is 0 Å². The highest BCUT2D eigenvalue weighted by Crippen LogP contribution is 2.21. The first-order chi connectivity index (χ1) is 11.2. The molecule has 1 atom stereocenters. The van der Waals surface area contributed by atoms with Crippen LogP contribution in [0.1, 0.15) is 38.7 Å². The van der Waals surface area contributed by atoms with Crippen molar-refractivity contribution < 1.29 is 9.53 Å². The van der Waals surface area contributed by atoms with Crippen molar-refractivity contribution >= 4 is 6.03 Å². The Hall–Kier alpha value is -1.62. The first kappa shape index (κ1) is 17.7. The maximum absolute atomic E-state index is 12.2. The van der Waals surface area contributed by atoms with Gasteiger partial charge in [-0.1, -0.05) is 13.0 Å². The third-order valence-electron chi connectivity index (χ3n) is 4.30. The molecule has 128 valence electrons. The average molecular weight is 319 g/mol. The maximum atomic E-state index is 12.2. The molecule has 0 bridgehead atoms. The van der Waals surface area contributed by atoms with Crippen LogP contribution < -0.4 is 5.32 Å². The van der Waals surface area contributed by atoms with Crippen molar-refractivity contribution in [1.29, 1.82) is 0 Å². The van der Waals surface area contributed by atoms with Crippen molar-refractivity contribution in [3.63, 3.8) is 0 Å². The summed E-state index contributed by atoms with van der Waals surface area (Å²) in [5.74, 6) is 0.648. The molecule has 1 unspecified atom stereocenters. The van der Waals surface area contributed by atoms with Gasteiger partial charge in [0.2, 0.25) is 0 Å². The van der Waals surface area contributed by atoms with Crippen LogP contribution in [0.4, 0.5) is 4.79 Å². The number of pyridine rings is 1. The standard InChI is InChI=1S/C18H29N3O2/c1-3-11-23-15(2)13-20-18(22)21-9-6-16(7-10-21)12-17-5-4-8-19-14-17/h4-5,8,14-16H,3,6-7,9-13H2,1-2H3,(H,20,22). The molecule has 1 saturated heterocycles. The Bertz CT molecular complexity index is 459. The number of carbonyl (C=O) groups excluding carboxylic acids is 1. The van der Waals surface area contributed by atoms with Gasteiger partial charge in [0.15, 0.2) is 0 Å². The first-order valence-electron chi connectivity index (χ1n) is 8.72. The van der Waals surface area contributed by atoms with Crippen LogP contribution in [-0.2, 0) is 11.2 Å². The summed E-state index contributed by atoms with van der Waals surface area (Å²) in [5.41, 5.74) is 1.29. The molecule has 0 aromatic carbocycles. The lowest BCUT2D eigenvalue weighted by Crippen LogP contribution is -2.46. The van der Waals surface area contributed by atoms with E-state index < -0.39 is 0 Å². The third kappa shape index (κ3) is 6.18. The second-order valence-corrected chi connectivity index (χ2v) is 6.36. The number of hydrogen-bond donors (Lipinski definition) is 1. The lowest BCUT2D eigenvalue weighted by molar-refractivity contribution is 0.0660. The quantitative estimate of drug-likeness (QED) is 0.841. The van der Waals surface area contributed by atoms with Crippen LogP contribution in [0.25, 0.3) is 0 Å². The van der Waals surface area contributed by atoms with E-state index in [2.05, 4.69) is 23.3 Å². The van der Waals surface area contributed by atoms with E-state index in [0.29, 0.717) is 12.5 Å². The summed E-state index contributed by atoms with van der Waals surface area (Å²) in [6.45, 7) is 7.07. The normalized spacial score (nSPS) is 17.0. The van der Waals surface area contributed by atoms with Gasteiger partial charge in [-0.3, -0.25) is 4.98 Å². The van der Waals surface area contributed by atoms with E-state index in [9.17, 15) is 4.79 Å². The molecule has 1 aliphatic heterocycles. The number of ether oxygens (including phenoxy) is 1. The molecule has 23 heavy (non-hydrogen) atoms. The van der Waals surface area contributed by atoms with Crippen molar-refractivity contribution in [3.05, 3.63) is 30.1 Å². The number of amides is 2. The van der Waals surface area contributed by atoms with Crippen LogP contribution in [0.3, 0.4) is 0 Å². The highest BCUT2D eigenvalue weighted by molar-refractivity contribution is 5.74. The minimum atomic E-state index is 0.0387. The third-order valence-corrected chi connectivity index (χ3v) is 4.30. The van der Waals surface area contributed by atoms with Crippen molar-refractivity contribution in [3.8, 4) is 0 Å². The van der Waals surface area contributed by atoms with Gasteiger partial charge in [-0.15, -0.1) is 0 Å². The summed E-state index contributed by atoms with van der Waals surface area (Å²) in [6.07, 6.45) is 8.00. The monoisotopic (exact) mass is 319 g/mol. The van der Waals surface area contributed by atoms with Gasteiger partial charge in [-0.2, -0.15) is 0 Å². The molecular formula is C18H29N3O2. The Morgan fingerprint density at radius 3 is 2.91 bits per heavy atom. The van der Waals surface area contributed by atoms with Gasteiger partial charge in [0.25, 0.3) is 0 Å². The molecule has 0 saturated carbocycles. The fourth-order valence-corrected chi connectivity index (χ4v) is 2.91. The number of piperidine rings is 1. The summed E-state index contributed by atoms with van der Waals surface area (Å²) in [6, 6.07) is 4.15. The SMILES string of the molecule is CCCOC(C)CNC(=O)N1CCC(Cc2cccnc2)CC1. The number of likely N-dealkylation sites (tertiary alicyclic amines) is 1. The Morgan fingerprint density at radius 2 is 2.26 bits per heavy atom. The topological polar surface area (TPSA) is 54.5 Å². The number of aromatic nitrogens is 1. The van der Waals surface area contributed by atoms with Crippen LogP contribution >= 0.6 is 0 Å². The van der Waals surface area contributed by atoms with Crippen molar-refractivity contribution in [1.82, 2.24) is 15.2 Å². The summed E-state index contributed by atoms with van der Waals surface area (Å²) in [7, 11) is 0. The van der Waals surface area contributed by atoms with Crippen LogP contribution in [0.15, 0.2) is 24.5 Å². The molecule has 5 nitrogen and oxygen atoms in total. The second-order valence-electron chi connectivity index (χ2n) is 6.36. The highest BCUT2D eigenvalue weighted by atomic mass is 16.5. The minimum Gasteiger partial charge on any atom is -0.377 e. The van der Waals surface area contributed by atoms with Gasteiger partial charge in [0.05, 0.1) is 6.10 Å². The van der Waals surface area contributed by atoms with E-state index in [1.807, 2.05) is 30.3 Å². The minimum absolute atomic E-state index is 0.0387. The molecular weight excluding hydrogens is 290 g/mol. The summed E-state index contributed by atoms with van der Waals surface area (Å²) in [4.78, 5) is 18.3. The molecule has 1 fully saturated rings. The highest BCUT2D eigenvalue weighted by Gasteiger charge is 2.23. The molecule has 0 aliphatic carbocycles. The lowest BCUT2D eigenvalue weighted by atomic mass is 9.91. The van der Waals surface area contributed by atoms with Crippen LogP contribution in [0.2, 0.25) is 0 Å². The molecule has 0 spiro atoms. The fraction of sp³-hybridized carbons (Fsp3) is 0.667. The predicted molar refractivity (Wildman–Crippen MR) is 91.3 cm³/mol. The average Bonchev–Trinajstić information content (AvgIpc) is 2.59. The van der Waals surface area contributed by atoms with E-state index in [1.54, 1.807) is 0 Å². The van der Waals surface area contributed by atoms with Crippen molar-refractivity contribution in [2.75, 3.05) is 26.2 Å². The molecule has 5 heteroatoms. The number of hydrogen-bond acceptors (Lipinski definition) is 3. The Morgan fingerprint density at radius 1 is 1.48 bits per heavy atom. The van der Waals surface area contributed by atoms with E-state index in [0.717, 1.165) is 45.4 Å². The largest absolute Gasteiger partial charge is 0.377 e. The molecule has 2 amide bonds. The summed E-state index contributed by atoms with van der Waals surface area (Å²) < 4.78 is 5.57. The Kier molecular flexibility index (Phi) is 7.33. The van der Waals surface area contributed by atoms with E-state index in [-0.39, 0.29) is 12.1 Å². The Balaban J connectivity index is 1.66. The van der Waals surface area contributed by atoms with Gasteiger partial charge < -0.3 is 15.0 Å². The smallest absolute Gasteiger partial charge is 0.317 e. The van der Waals surface area contributed by atoms with E-state index >= 15 is 0 Å². The zero-order valence-electron chi connectivity index (χ0n) is 14.3. The van der Waals surface area contributed by atoms with Gasteiger partial charge in [0, 0.05) is 38.6 Å². The van der Waals surface area contributed by atoms with Gasteiger partial charge in [-0.25, -0.2) is 4.79 Å². The molecule has 1 aliphatic rings. The number of nitrogens with one attached hydrogen (secondary N) is 1. The summed E-state index contributed by atoms with van der Waals surface area (Å²) in [5, 5.41) is 2.98. The van der Waals surface area contributed by atoms with Crippen LogP contribution in [0.5, 0.6) is 0 Å². The summed E-state index contributed by atoms with van der Waals surface area (Å²) >= 11 is 0. The van der Waals surface area contributed by atoms with Gasteiger partial charge >= 0.3 is 6.03 Å². The van der Waals surface area contributed by atoms with E-state index in [1.165, 1.54) is 5.56 Å². The second kappa shape index (κ2) is 9.50. The molecule has 0 radical (unpaired) electrons. The van der Waals surface area contributed by atoms with Crippen LogP contribution in [-0.4, -0.2) is 48.3 Å². The van der Waals surface area contributed by atoms with Crippen molar-refractivity contribution in [2.24, 2.45) is 5.92 Å². The zero-order valence-corrected chi connectivity index (χ0v) is 14.3. The van der Waals surface area contributed by atoms with Crippen molar-refractivity contribution in [2.45, 2.75) is 45.6 Å². The van der Waals surface area contributed by atoms with Crippen LogP contribution in [0, 0.1) is 5.92 Å². The molecule has 1 aromatic rings. The molecule has 1 N–H and O–H groups in total. The molecule has 1 aromatic heterocycles. The fourth-order valence-electron chi connectivity index (χ4n) is 2.91. The maximum Gasteiger partial charge on any atom is 0.317 e. The van der Waals surface area contributed by atoms with E-state index in [4.69, 9.17) is 4.74 Å². The van der Waals surface area contributed by atoms with Gasteiger partial charge in [-0.05, 0) is 50.2 Å². The number of rotatable bonds is 7. The zero-order chi connectivity index (χ0) is 16.5. The predicted octanol–water partition coefficient (Wildman–Crippen LogP) is 2.86. The molecule has 2 rings (SSSR count). The molecule has 2 heterocycles. The number of urea groups is 1. The Labute approximate surface area is 139 Å². The first-order valence-corrected chi connectivity index (χ1v) is 8.72.